The Bertz CT molecular complexity index is 277. The molecule has 1 rings (SSSR count). The molecule has 0 aromatic heterocycles. The van der Waals surface area contributed by atoms with Gasteiger partial charge in [0.1, 0.15) is 0 Å². The van der Waals surface area contributed by atoms with Crippen LogP contribution in [0, 0.1) is 0 Å². The van der Waals surface area contributed by atoms with Crippen LogP contribution in [0.5, 0.6) is 0 Å². The van der Waals surface area contributed by atoms with Crippen molar-refractivity contribution < 1.29 is 9.46 Å². The lowest BCUT2D eigenvalue weighted by molar-refractivity contribution is 0.485. The lowest BCUT2D eigenvalue weighted by atomic mass is 10.1. The summed E-state index contributed by atoms with van der Waals surface area (Å²) >= 11 is 0. The van der Waals surface area contributed by atoms with Gasteiger partial charge < -0.3 is 0 Å². The lowest BCUT2D eigenvalue weighted by Gasteiger charge is -2.02. The first-order chi connectivity index (χ1) is 6.25. The topological polar surface area (TPSA) is 37.3 Å². The third-order valence-electron chi connectivity index (χ3n) is 2.01. The minimum atomic E-state index is -2.10. The van der Waals surface area contributed by atoms with Crippen LogP contribution in [0.2, 0.25) is 0 Å². The highest BCUT2D eigenvalue weighted by Crippen LogP contribution is 2.40. The average Bonchev–Trinajstić information content (AvgIpc) is 2.15. The van der Waals surface area contributed by atoms with Crippen LogP contribution < -0.4 is 0 Å². The Labute approximate surface area is 96.4 Å². The van der Waals surface area contributed by atoms with Crippen molar-refractivity contribution in [2.24, 2.45) is 0 Å². The van der Waals surface area contributed by atoms with Gasteiger partial charge in [-0.05, 0) is 4.57 Å². The summed E-state index contributed by atoms with van der Waals surface area (Å²) in [6, 6.07) is 9.53. The zero-order valence-corrected chi connectivity index (χ0v) is 8.58. The Morgan fingerprint density at radius 1 is 1.36 bits per heavy atom. The van der Waals surface area contributed by atoms with E-state index < -0.39 is 8.03 Å². The highest BCUT2D eigenvalue weighted by atomic mass is 31.1. The number of hydrogen-bond acceptors (Lipinski definition) is 1. The van der Waals surface area contributed by atoms with Crippen LogP contribution in [-0.2, 0) is 4.57 Å². The van der Waals surface area contributed by atoms with Crippen molar-refractivity contribution in [2.45, 2.75) is 25.4 Å². The molecule has 0 saturated carbocycles. The molecule has 4 heteroatoms. The lowest BCUT2D eigenvalue weighted by Crippen LogP contribution is -1.92. The van der Waals surface area contributed by atoms with Crippen molar-refractivity contribution in [3.8, 4) is 0 Å². The predicted molar refractivity (Wildman–Crippen MR) is 63.9 cm³/mol. The van der Waals surface area contributed by atoms with Gasteiger partial charge in [0.2, 0.25) is 5.66 Å². The zero-order chi connectivity index (χ0) is 9.68. The summed E-state index contributed by atoms with van der Waals surface area (Å²) in [5, 5.41) is 0. The predicted octanol–water partition coefficient (Wildman–Crippen LogP) is 2.08. The Balaban J connectivity index is 0.00000169. The quantitative estimate of drug-likeness (QED) is 0.631. The van der Waals surface area contributed by atoms with Crippen LogP contribution >= 0.6 is 8.03 Å². The second-order valence-electron chi connectivity index (χ2n) is 3.02. The van der Waals surface area contributed by atoms with Gasteiger partial charge in [-0.15, -0.1) is 0 Å². The fourth-order valence-corrected chi connectivity index (χ4v) is 2.26. The van der Waals surface area contributed by atoms with E-state index in [1.165, 1.54) is 0 Å². The van der Waals surface area contributed by atoms with Crippen LogP contribution in [-0.4, -0.2) is 22.3 Å². The summed E-state index contributed by atoms with van der Waals surface area (Å²) in [6.45, 7) is 2.02. The third kappa shape index (κ3) is 3.90. The molecule has 0 saturated heterocycles. The molecule has 0 aliphatic carbocycles. The first kappa shape index (κ1) is 13.8. The van der Waals surface area contributed by atoms with Gasteiger partial charge in [0, 0.05) is 12.0 Å². The molecule has 0 aliphatic heterocycles. The summed E-state index contributed by atoms with van der Waals surface area (Å²) < 4.78 is 11.0. The van der Waals surface area contributed by atoms with Gasteiger partial charge in [0.15, 0.2) is 17.4 Å². The van der Waals surface area contributed by atoms with E-state index in [0.29, 0.717) is 0 Å². The largest absolute Gasteiger partial charge is 0.513 e. The Kier molecular flexibility index (Phi) is 7.05. The maximum atomic E-state index is 11.0. The maximum Gasteiger partial charge on any atom is 0.513 e. The zero-order valence-electron chi connectivity index (χ0n) is 7.68. The van der Waals surface area contributed by atoms with Crippen molar-refractivity contribution in [3.63, 3.8) is 0 Å². The van der Waals surface area contributed by atoms with E-state index in [-0.39, 0.29) is 23.0 Å². The highest BCUT2D eigenvalue weighted by Gasteiger charge is 2.29. The monoisotopic (exact) mass is 227 g/mol. The fraction of sp³-hybridized carbons (Fsp3) is 0.400. The first-order valence-corrected chi connectivity index (χ1v) is 5.74. The molecule has 1 aromatic carbocycles. The minimum absolute atomic E-state index is 0. The van der Waals surface area contributed by atoms with Crippen molar-refractivity contribution in [1.29, 1.82) is 0 Å². The van der Waals surface area contributed by atoms with E-state index in [2.05, 4.69) is 0 Å². The Hall–Kier alpha value is -0.188. The van der Waals surface area contributed by atoms with E-state index in [0.717, 1.165) is 18.4 Å². The second kappa shape index (κ2) is 7.15. The summed E-state index contributed by atoms with van der Waals surface area (Å²) in [6.07, 6.45) is 1.71. The number of hydrogen-bond donors (Lipinski definition) is 1. The summed E-state index contributed by atoms with van der Waals surface area (Å²) in [5.41, 5.74) is 0.772. The van der Waals surface area contributed by atoms with Gasteiger partial charge in [-0.1, -0.05) is 43.7 Å². The van der Waals surface area contributed by atoms with Crippen molar-refractivity contribution in [2.75, 3.05) is 0 Å². The van der Waals surface area contributed by atoms with E-state index >= 15 is 0 Å². The van der Waals surface area contributed by atoms with Crippen LogP contribution in [0.15, 0.2) is 30.3 Å². The van der Waals surface area contributed by atoms with Gasteiger partial charge in [0.05, 0.1) is 0 Å². The van der Waals surface area contributed by atoms with Gasteiger partial charge in [0.25, 0.3) is 0 Å². The van der Waals surface area contributed by atoms with E-state index in [4.69, 9.17) is 4.89 Å². The minimum Gasteiger partial charge on any atom is -0.160 e. The van der Waals surface area contributed by atoms with Crippen molar-refractivity contribution in [3.05, 3.63) is 35.9 Å². The molecule has 0 amide bonds. The van der Waals surface area contributed by atoms with Crippen molar-refractivity contribution in [1.82, 2.24) is 0 Å². The molecule has 0 radical (unpaired) electrons. The molecule has 0 bridgehead atoms. The number of benzene rings is 1. The van der Waals surface area contributed by atoms with Crippen molar-refractivity contribution >= 4 is 25.4 Å². The molecule has 14 heavy (non-hydrogen) atoms. The van der Waals surface area contributed by atoms with Crippen LogP contribution in [0.3, 0.4) is 0 Å². The molecular formula is C10H17AlO2P+. The molecular weight excluding hydrogens is 210 g/mol. The van der Waals surface area contributed by atoms with Gasteiger partial charge in [-0.2, -0.15) is 4.89 Å². The third-order valence-corrected chi connectivity index (χ3v) is 3.10. The molecule has 1 N–H and O–H groups in total. The number of rotatable bonds is 4. The molecule has 76 valence electrons. The standard InChI is InChI=1S/C10H13O2P.Al.3H/c1-2-6-10(13(11)12)9-7-4-3-5-8-9;;;;/h3-5,7-8,10H,2,6H2,1H3;;;;/p+1. The van der Waals surface area contributed by atoms with Gasteiger partial charge >= 0.3 is 8.03 Å². The molecule has 1 aromatic rings. The summed E-state index contributed by atoms with van der Waals surface area (Å²) in [4.78, 5) is 9.11. The SMILES string of the molecule is CCCC(c1ccccc1)[P+](=O)O.[AlH3]. The molecule has 0 heterocycles. The van der Waals surface area contributed by atoms with E-state index in [1.54, 1.807) is 0 Å². The van der Waals surface area contributed by atoms with E-state index in [1.807, 2.05) is 37.3 Å². The molecule has 0 fully saturated rings. The van der Waals surface area contributed by atoms with Gasteiger partial charge in [-0.25, -0.2) is 0 Å². The fourth-order valence-electron chi connectivity index (χ4n) is 1.35. The summed E-state index contributed by atoms with van der Waals surface area (Å²) in [5.74, 6) is 0. The Morgan fingerprint density at radius 3 is 2.36 bits per heavy atom. The molecule has 2 unspecified atom stereocenters. The van der Waals surface area contributed by atoms with Crippen LogP contribution in [0.25, 0.3) is 0 Å². The normalized spacial score (nSPS) is 12.9. The Morgan fingerprint density at radius 2 is 1.93 bits per heavy atom. The second-order valence-corrected chi connectivity index (χ2v) is 4.25. The van der Waals surface area contributed by atoms with Gasteiger partial charge in [-0.3, -0.25) is 0 Å². The smallest absolute Gasteiger partial charge is 0.160 e. The molecule has 0 aliphatic rings. The van der Waals surface area contributed by atoms with Crippen LogP contribution in [0.4, 0.5) is 0 Å². The molecule has 2 nitrogen and oxygen atoms in total. The molecule has 0 spiro atoms. The maximum absolute atomic E-state index is 11.0. The average molecular weight is 227 g/mol. The van der Waals surface area contributed by atoms with E-state index in [9.17, 15) is 4.57 Å². The first-order valence-electron chi connectivity index (χ1n) is 4.46. The van der Waals surface area contributed by atoms with Crippen LogP contribution in [0.1, 0.15) is 31.0 Å². The highest BCUT2D eigenvalue weighted by molar-refractivity contribution is 7.38. The summed E-state index contributed by atoms with van der Waals surface area (Å²) in [7, 11) is -2.10. The molecule has 2 atom stereocenters.